The van der Waals surface area contributed by atoms with Crippen LogP contribution in [0.4, 0.5) is 5.69 Å². The van der Waals surface area contributed by atoms with Gasteiger partial charge in [-0.1, -0.05) is 54.9 Å². The maximum atomic E-state index is 13.4. The molecule has 0 unspecified atom stereocenters. The van der Waals surface area contributed by atoms with Crippen molar-refractivity contribution in [2.24, 2.45) is 0 Å². The summed E-state index contributed by atoms with van der Waals surface area (Å²) in [5.74, 6) is -0.0374. The number of nitrogens with one attached hydrogen (secondary N) is 1. The van der Waals surface area contributed by atoms with Crippen molar-refractivity contribution < 1.29 is 9.59 Å². The van der Waals surface area contributed by atoms with Crippen molar-refractivity contribution in [3.05, 3.63) is 81.6 Å². The standard InChI is InChI=1S/C27H32ClN5O2/c1-4-21-9-6-8-12-24(21)29-25(34)18-31-13-15-32(16-14-31)27(35)26-19(2)30-33(20(26)3)17-22-10-5-7-11-23(22)28/h5-12H,4,13-18H2,1-3H3,(H,29,34). The van der Waals surface area contributed by atoms with Gasteiger partial charge in [-0.25, -0.2) is 0 Å². The largest absolute Gasteiger partial charge is 0.336 e. The number of aromatic nitrogens is 2. The lowest BCUT2D eigenvalue weighted by atomic mass is 10.1. The third-order valence-corrected chi connectivity index (χ3v) is 6.94. The monoisotopic (exact) mass is 493 g/mol. The first-order valence-corrected chi connectivity index (χ1v) is 12.4. The molecule has 1 aromatic heterocycles. The number of benzene rings is 2. The van der Waals surface area contributed by atoms with Crippen molar-refractivity contribution >= 4 is 29.1 Å². The average Bonchev–Trinajstić information content (AvgIpc) is 3.13. The lowest BCUT2D eigenvalue weighted by molar-refractivity contribution is -0.117. The van der Waals surface area contributed by atoms with Crippen LogP contribution in [-0.2, 0) is 17.8 Å². The van der Waals surface area contributed by atoms with Crippen molar-refractivity contribution in [2.45, 2.75) is 33.7 Å². The smallest absolute Gasteiger partial charge is 0.257 e. The maximum Gasteiger partial charge on any atom is 0.257 e. The van der Waals surface area contributed by atoms with E-state index in [9.17, 15) is 9.59 Å². The number of rotatable bonds is 7. The molecule has 1 aliphatic heterocycles. The Hall–Kier alpha value is -3.16. The molecule has 2 aromatic carbocycles. The number of piperazine rings is 1. The summed E-state index contributed by atoms with van der Waals surface area (Å²) in [7, 11) is 0. The molecule has 4 rings (SSSR count). The molecule has 184 valence electrons. The fourth-order valence-corrected chi connectivity index (χ4v) is 4.75. The van der Waals surface area contributed by atoms with E-state index in [4.69, 9.17) is 11.6 Å². The van der Waals surface area contributed by atoms with Crippen LogP contribution in [0.2, 0.25) is 5.02 Å². The zero-order valence-corrected chi connectivity index (χ0v) is 21.3. The van der Waals surface area contributed by atoms with Crippen LogP contribution >= 0.6 is 11.6 Å². The number of para-hydroxylation sites is 1. The molecule has 0 saturated carbocycles. The van der Waals surface area contributed by atoms with E-state index in [2.05, 4.69) is 22.2 Å². The molecular formula is C27H32ClN5O2. The Morgan fingerprint density at radius 3 is 2.31 bits per heavy atom. The quantitative estimate of drug-likeness (QED) is 0.536. The van der Waals surface area contributed by atoms with Crippen LogP contribution in [0.3, 0.4) is 0 Å². The van der Waals surface area contributed by atoms with Gasteiger partial charge in [-0.05, 0) is 43.5 Å². The summed E-state index contributed by atoms with van der Waals surface area (Å²) >= 11 is 6.32. The Labute approximate surface area is 211 Å². The second kappa shape index (κ2) is 11.1. The van der Waals surface area contributed by atoms with Gasteiger partial charge in [0.05, 0.1) is 24.3 Å². The first-order chi connectivity index (χ1) is 16.9. The van der Waals surface area contributed by atoms with Crippen molar-refractivity contribution in [3.8, 4) is 0 Å². The van der Waals surface area contributed by atoms with E-state index in [1.54, 1.807) is 0 Å². The molecule has 3 aromatic rings. The number of anilines is 1. The minimum Gasteiger partial charge on any atom is -0.336 e. The van der Waals surface area contributed by atoms with Crippen molar-refractivity contribution in [2.75, 3.05) is 38.0 Å². The molecular weight excluding hydrogens is 462 g/mol. The maximum absolute atomic E-state index is 13.4. The van der Waals surface area contributed by atoms with Gasteiger partial charge in [0.2, 0.25) is 5.91 Å². The van der Waals surface area contributed by atoms with Crippen LogP contribution in [0.15, 0.2) is 48.5 Å². The molecule has 0 aliphatic carbocycles. The zero-order valence-electron chi connectivity index (χ0n) is 20.6. The fraction of sp³-hybridized carbons (Fsp3) is 0.370. The summed E-state index contributed by atoms with van der Waals surface area (Å²) in [5, 5.41) is 8.33. The fourth-order valence-electron chi connectivity index (χ4n) is 4.56. The first kappa shape index (κ1) is 24.9. The first-order valence-electron chi connectivity index (χ1n) is 12.0. The van der Waals surface area contributed by atoms with Gasteiger partial charge < -0.3 is 10.2 Å². The molecule has 1 saturated heterocycles. The topological polar surface area (TPSA) is 70.5 Å². The lowest BCUT2D eigenvalue weighted by Crippen LogP contribution is -2.50. The lowest BCUT2D eigenvalue weighted by Gasteiger charge is -2.34. The van der Waals surface area contributed by atoms with Gasteiger partial charge >= 0.3 is 0 Å². The highest BCUT2D eigenvalue weighted by atomic mass is 35.5. The van der Waals surface area contributed by atoms with E-state index >= 15 is 0 Å². The third kappa shape index (κ3) is 5.74. The van der Waals surface area contributed by atoms with Crippen LogP contribution in [0.5, 0.6) is 0 Å². The molecule has 0 atom stereocenters. The minimum absolute atomic E-state index is 0.00798. The highest BCUT2D eigenvalue weighted by Crippen LogP contribution is 2.21. The SMILES string of the molecule is CCc1ccccc1NC(=O)CN1CCN(C(=O)c2c(C)nn(Cc3ccccc3Cl)c2C)CC1. The van der Waals surface area contributed by atoms with Crippen LogP contribution in [0.25, 0.3) is 0 Å². The van der Waals surface area contributed by atoms with Gasteiger partial charge in [0.15, 0.2) is 0 Å². The van der Waals surface area contributed by atoms with Crippen LogP contribution in [0.1, 0.15) is 39.8 Å². The Morgan fingerprint density at radius 2 is 1.63 bits per heavy atom. The van der Waals surface area contributed by atoms with Crippen LogP contribution < -0.4 is 5.32 Å². The number of carbonyl (C=O) groups is 2. The molecule has 2 amide bonds. The Bertz CT molecular complexity index is 1210. The van der Waals surface area contributed by atoms with Gasteiger partial charge in [-0.2, -0.15) is 5.10 Å². The molecule has 0 bridgehead atoms. The van der Waals surface area contributed by atoms with Crippen molar-refractivity contribution in [3.63, 3.8) is 0 Å². The Morgan fingerprint density at radius 1 is 0.971 bits per heavy atom. The van der Waals surface area contributed by atoms with E-state index in [0.29, 0.717) is 49.9 Å². The highest BCUT2D eigenvalue weighted by Gasteiger charge is 2.27. The predicted molar refractivity (Wildman–Crippen MR) is 139 cm³/mol. The predicted octanol–water partition coefficient (Wildman–Crippen LogP) is 4.16. The van der Waals surface area contributed by atoms with Gasteiger partial charge in [-0.15, -0.1) is 0 Å². The number of amides is 2. The van der Waals surface area contributed by atoms with Gasteiger partial charge in [0.1, 0.15) is 0 Å². The van der Waals surface area contributed by atoms with E-state index in [1.807, 2.05) is 72.0 Å². The van der Waals surface area contributed by atoms with E-state index in [-0.39, 0.29) is 11.8 Å². The summed E-state index contributed by atoms with van der Waals surface area (Å²) < 4.78 is 1.85. The second-order valence-corrected chi connectivity index (χ2v) is 9.33. The molecule has 1 aliphatic rings. The molecule has 1 N–H and O–H groups in total. The summed E-state index contributed by atoms with van der Waals surface area (Å²) in [4.78, 5) is 29.9. The van der Waals surface area contributed by atoms with Crippen molar-refractivity contribution in [1.82, 2.24) is 19.6 Å². The van der Waals surface area contributed by atoms with Gasteiger partial charge in [-0.3, -0.25) is 19.2 Å². The normalized spacial score (nSPS) is 14.2. The van der Waals surface area contributed by atoms with E-state index in [1.165, 1.54) is 0 Å². The number of hydrogen-bond acceptors (Lipinski definition) is 4. The van der Waals surface area contributed by atoms with Crippen LogP contribution in [-0.4, -0.2) is 64.1 Å². The highest BCUT2D eigenvalue weighted by molar-refractivity contribution is 6.31. The van der Waals surface area contributed by atoms with Gasteiger partial charge in [0.25, 0.3) is 5.91 Å². The molecule has 0 radical (unpaired) electrons. The van der Waals surface area contributed by atoms with E-state index in [0.717, 1.165) is 34.6 Å². The summed E-state index contributed by atoms with van der Waals surface area (Å²) in [5.41, 5.74) is 5.16. The second-order valence-electron chi connectivity index (χ2n) is 8.92. The number of nitrogens with zero attached hydrogens (tertiary/aromatic N) is 4. The average molecular weight is 494 g/mol. The Balaban J connectivity index is 1.35. The summed E-state index contributed by atoms with van der Waals surface area (Å²) in [6.45, 7) is 9.17. The number of hydrogen-bond donors (Lipinski definition) is 1. The summed E-state index contributed by atoms with van der Waals surface area (Å²) in [6.07, 6.45) is 0.866. The minimum atomic E-state index is -0.0294. The summed E-state index contributed by atoms with van der Waals surface area (Å²) in [6, 6.07) is 15.5. The van der Waals surface area contributed by atoms with E-state index < -0.39 is 0 Å². The third-order valence-electron chi connectivity index (χ3n) is 6.57. The molecule has 0 spiro atoms. The molecule has 1 fully saturated rings. The van der Waals surface area contributed by atoms with Crippen LogP contribution in [0, 0.1) is 13.8 Å². The van der Waals surface area contributed by atoms with Crippen molar-refractivity contribution in [1.29, 1.82) is 0 Å². The molecule has 8 heteroatoms. The molecule has 2 heterocycles. The number of aryl methyl sites for hydroxylation is 2. The van der Waals surface area contributed by atoms with Gasteiger partial charge in [0, 0.05) is 42.6 Å². The zero-order chi connectivity index (χ0) is 24.9. The number of carbonyl (C=O) groups excluding carboxylic acids is 2. The molecule has 35 heavy (non-hydrogen) atoms. The Kier molecular flexibility index (Phi) is 7.88. The molecule has 7 nitrogen and oxygen atoms in total. The number of halogens is 1.